The summed E-state index contributed by atoms with van der Waals surface area (Å²) < 4.78 is 16.0. The number of benzene rings is 5. The summed E-state index contributed by atoms with van der Waals surface area (Å²) in [6.07, 6.45) is 1.72. The molecule has 6 heteroatoms. The van der Waals surface area contributed by atoms with Gasteiger partial charge in [-0.1, -0.05) is 173 Å². The molecule has 0 fully saturated rings. The number of pyridine rings is 1. The maximum absolute atomic E-state index is 6.92. The molecule has 2 aromatic heterocycles. The molecule has 0 bridgehead atoms. The molecule has 0 N–H and O–H groups in total. The van der Waals surface area contributed by atoms with Crippen LogP contribution >= 0.6 is 0 Å². The molecule has 0 saturated carbocycles. The van der Waals surface area contributed by atoms with E-state index in [0.717, 1.165) is 44.3 Å². The quantitative estimate of drug-likeness (QED) is 0.135. The van der Waals surface area contributed by atoms with Crippen LogP contribution in [-0.2, 0) is 36.6 Å². The summed E-state index contributed by atoms with van der Waals surface area (Å²) in [4.78, 5) is 10.2. The molecule has 0 unspecified atom stereocenters. The van der Waals surface area contributed by atoms with Gasteiger partial charge in [-0.15, -0.1) is 23.6 Å². The van der Waals surface area contributed by atoms with Gasteiger partial charge >= 0.3 is 21.1 Å². The molecule has 0 aliphatic carbocycles. The van der Waals surface area contributed by atoms with Crippen molar-refractivity contribution in [2.45, 2.75) is 118 Å². The van der Waals surface area contributed by atoms with Crippen molar-refractivity contribution in [3.8, 4) is 28.4 Å². The molecule has 316 valence electrons. The monoisotopic (exact) mass is 988 g/mol. The maximum Gasteiger partial charge on any atom is 2.00 e. The molecule has 0 amide bonds. The first-order valence-electron chi connectivity index (χ1n) is 21.6. The number of aromatic nitrogens is 2. The summed E-state index contributed by atoms with van der Waals surface area (Å²) in [5.74, 6) is 3.49. The third-order valence-electron chi connectivity index (χ3n) is 11.9. The van der Waals surface area contributed by atoms with Crippen molar-refractivity contribution >= 4 is 27.7 Å². The smallest absolute Gasteiger partial charge is 0.510 e. The first-order chi connectivity index (χ1) is 28.5. The van der Waals surface area contributed by atoms with E-state index in [2.05, 4.69) is 191 Å². The van der Waals surface area contributed by atoms with E-state index >= 15 is 0 Å². The Morgan fingerprint density at radius 1 is 0.672 bits per heavy atom. The fraction of sp³-hybridized carbons (Fsp3) is 0.345. The maximum atomic E-state index is 6.92. The van der Waals surface area contributed by atoms with Gasteiger partial charge in [-0.05, 0) is 85.5 Å². The Labute approximate surface area is 377 Å². The number of hydrogen-bond donors (Lipinski definition) is 0. The summed E-state index contributed by atoms with van der Waals surface area (Å²) in [6, 6.07) is 44.0. The first kappa shape index (κ1) is 44.1. The number of hydrogen-bond acceptors (Lipinski definition) is 4. The summed E-state index contributed by atoms with van der Waals surface area (Å²) in [6.45, 7) is 27.0. The van der Waals surface area contributed by atoms with Crippen molar-refractivity contribution in [3.05, 3.63) is 155 Å². The van der Waals surface area contributed by atoms with Crippen molar-refractivity contribution in [1.82, 2.24) is 9.55 Å². The summed E-state index contributed by atoms with van der Waals surface area (Å²) in [5, 5.41) is 2.26. The second kappa shape index (κ2) is 17.1. The van der Waals surface area contributed by atoms with Gasteiger partial charge in [0.15, 0.2) is 0 Å². The van der Waals surface area contributed by atoms with E-state index in [-0.39, 0.29) is 50.0 Å². The predicted molar refractivity (Wildman–Crippen MR) is 249 cm³/mol. The molecule has 0 radical (unpaired) electrons. The van der Waals surface area contributed by atoms with Crippen LogP contribution in [0.3, 0.4) is 0 Å². The van der Waals surface area contributed by atoms with Gasteiger partial charge in [0.05, 0.1) is 6.04 Å². The van der Waals surface area contributed by atoms with Crippen LogP contribution in [0.5, 0.6) is 11.5 Å². The molecule has 3 heterocycles. The third-order valence-corrected chi connectivity index (χ3v) is 11.9. The Kier molecular flexibility index (Phi) is 12.3. The molecular formula is C55H59N3O2Pt. The molecule has 7 aromatic rings. The van der Waals surface area contributed by atoms with Gasteiger partial charge in [0.1, 0.15) is 17.8 Å². The van der Waals surface area contributed by atoms with Crippen LogP contribution in [0.25, 0.3) is 38.8 Å². The second-order valence-corrected chi connectivity index (χ2v) is 19.5. The van der Waals surface area contributed by atoms with Gasteiger partial charge in [-0.25, -0.2) is 4.98 Å². The molecule has 5 aromatic carbocycles. The zero-order valence-corrected chi connectivity index (χ0v) is 40.0. The minimum absolute atomic E-state index is 0. The molecule has 1 aliphatic heterocycles. The van der Waals surface area contributed by atoms with Crippen molar-refractivity contribution in [2.75, 3.05) is 0 Å². The van der Waals surface area contributed by atoms with Crippen LogP contribution in [0.4, 0.5) is 0 Å². The molecule has 8 rings (SSSR count). The number of ether oxygens (including phenoxy) is 2. The second-order valence-electron chi connectivity index (χ2n) is 19.5. The minimum Gasteiger partial charge on any atom is -0.510 e. The Morgan fingerprint density at radius 3 is 1.98 bits per heavy atom. The van der Waals surface area contributed by atoms with Crippen molar-refractivity contribution < 1.29 is 30.5 Å². The van der Waals surface area contributed by atoms with Gasteiger partial charge in [0.25, 0.3) is 0 Å². The van der Waals surface area contributed by atoms with Gasteiger partial charge in [-0.2, -0.15) is 6.07 Å². The van der Waals surface area contributed by atoms with Crippen LogP contribution < -0.4 is 4.74 Å². The Morgan fingerprint density at radius 2 is 1.34 bits per heavy atom. The van der Waals surface area contributed by atoms with E-state index in [1.807, 2.05) is 18.3 Å². The Balaban J connectivity index is 0.00000561. The van der Waals surface area contributed by atoms with Gasteiger partial charge in [0.2, 0.25) is 0 Å². The predicted octanol–water partition coefficient (Wildman–Crippen LogP) is 14.6. The standard InChI is InChI=1S/C55H59N3O2.Pt/c1-33(2)43-19-16-20-44(34(3)4)50(43)37-27-38(53-57-51(35(5)6)52(60-53)36-17-14-13-15-18-36)29-42(28-37)59-41-22-23-45-46-30-39(54(7,8)9)21-24-47(46)58(48(45)32-41)49-31-40(25-26-56-49)55(10,11)12;/h13-28,30-31,33-35,51-52H,1-12H3;/q-2;+2/t51-,52+;/m1./s1. The number of aliphatic imine (C=N–C) groups is 1. The molecule has 2 atom stereocenters. The van der Waals surface area contributed by atoms with Gasteiger partial charge in [0, 0.05) is 23.2 Å². The first-order valence-corrected chi connectivity index (χ1v) is 21.6. The van der Waals surface area contributed by atoms with Crippen LogP contribution in [0, 0.1) is 18.1 Å². The van der Waals surface area contributed by atoms with Crippen molar-refractivity contribution in [3.63, 3.8) is 0 Å². The normalized spacial score (nSPS) is 15.8. The molecule has 0 saturated heterocycles. The molecule has 0 spiro atoms. The van der Waals surface area contributed by atoms with Crippen LogP contribution in [0.15, 0.2) is 114 Å². The van der Waals surface area contributed by atoms with Gasteiger partial charge in [-0.3, -0.25) is 4.99 Å². The number of nitrogens with zero attached hydrogens (tertiary/aromatic N) is 3. The van der Waals surface area contributed by atoms with E-state index in [4.69, 9.17) is 19.5 Å². The summed E-state index contributed by atoms with van der Waals surface area (Å²) in [7, 11) is 0. The average Bonchev–Trinajstić information content (AvgIpc) is 3.80. The van der Waals surface area contributed by atoms with Crippen LogP contribution in [0.2, 0.25) is 0 Å². The van der Waals surface area contributed by atoms with Crippen LogP contribution in [0.1, 0.15) is 134 Å². The van der Waals surface area contributed by atoms with E-state index < -0.39 is 0 Å². The number of fused-ring (bicyclic) bond motifs is 3. The molecule has 5 nitrogen and oxygen atoms in total. The van der Waals surface area contributed by atoms with E-state index in [1.54, 1.807) is 0 Å². The molecular weight excluding hydrogens is 930 g/mol. The van der Waals surface area contributed by atoms with E-state index in [1.165, 1.54) is 27.8 Å². The van der Waals surface area contributed by atoms with Crippen LogP contribution in [-0.4, -0.2) is 21.5 Å². The van der Waals surface area contributed by atoms with Crippen molar-refractivity contribution in [1.29, 1.82) is 0 Å². The zero-order valence-electron chi connectivity index (χ0n) is 37.8. The van der Waals surface area contributed by atoms with E-state index in [0.29, 0.717) is 29.2 Å². The fourth-order valence-electron chi connectivity index (χ4n) is 8.52. The SMILES string of the molecule is CC(C)c1cccc(C(C)C)c1-c1cc(Oc2[c-]c3c(cc2)c2cc(C(C)(C)C)ccc2n3-c2cc(C(C)(C)C)ccn2)[c-]c(C2=N[C@H](C(C)C)[C@H](c3ccccc3)O2)c1.[Pt+2]. The van der Waals surface area contributed by atoms with E-state index in [9.17, 15) is 0 Å². The summed E-state index contributed by atoms with van der Waals surface area (Å²) >= 11 is 0. The largest absolute Gasteiger partial charge is 2.00 e. The fourth-order valence-corrected chi connectivity index (χ4v) is 8.52. The average molecular weight is 989 g/mol. The molecule has 1 aliphatic rings. The summed E-state index contributed by atoms with van der Waals surface area (Å²) in [5.41, 5.74) is 11.2. The topological polar surface area (TPSA) is 48.6 Å². The number of rotatable bonds is 9. The zero-order chi connectivity index (χ0) is 42.7. The Hall–Kier alpha value is -4.99. The Bertz CT molecular complexity index is 2700. The molecule has 61 heavy (non-hydrogen) atoms. The van der Waals surface area contributed by atoms with Crippen molar-refractivity contribution in [2.24, 2.45) is 10.9 Å². The van der Waals surface area contributed by atoms with Gasteiger partial charge < -0.3 is 14.0 Å². The minimum atomic E-state index is -0.196. The third kappa shape index (κ3) is 8.74.